The Bertz CT molecular complexity index is 549. The number of ether oxygens (including phenoxy) is 1. The molecule has 0 saturated carbocycles. The molecule has 0 spiro atoms. The van der Waals surface area contributed by atoms with Gasteiger partial charge in [0.25, 0.3) is 0 Å². The van der Waals surface area contributed by atoms with Crippen molar-refractivity contribution in [3.8, 4) is 11.5 Å². The summed E-state index contributed by atoms with van der Waals surface area (Å²) in [6.45, 7) is 5.21. The van der Waals surface area contributed by atoms with Crippen LogP contribution in [0.5, 0.6) is 11.5 Å². The Morgan fingerprint density at radius 2 is 2.19 bits per heavy atom. The van der Waals surface area contributed by atoms with Crippen molar-refractivity contribution < 1.29 is 14.9 Å². The van der Waals surface area contributed by atoms with Gasteiger partial charge in [-0.3, -0.25) is 4.99 Å². The molecule has 0 bridgehead atoms. The molecule has 0 saturated heterocycles. The summed E-state index contributed by atoms with van der Waals surface area (Å²) in [5, 5.41) is 19.1. The van der Waals surface area contributed by atoms with Crippen molar-refractivity contribution in [3.05, 3.63) is 35.4 Å². The Morgan fingerprint density at radius 3 is 2.90 bits per heavy atom. The van der Waals surface area contributed by atoms with Gasteiger partial charge >= 0.3 is 0 Å². The molecule has 1 aliphatic rings. The highest BCUT2D eigenvalue weighted by atomic mass is 16.5. The highest BCUT2D eigenvalue weighted by Crippen LogP contribution is 2.33. The predicted octanol–water partition coefficient (Wildman–Crippen LogP) is 2.85. The minimum absolute atomic E-state index is 0.00421. The van der Waals surface area contributed by atoms with Crippen molar-refractivity contribution >= 4 is 5.71 Å². The van der Waals surface area contributed by atoms with E-state index >= 15 is 0 Å². The number of nitrogens with zero attached hydrogens (tertiary/aromatic N) is 1. The van der Waals surface area contributed by atoms with Gasteiger partial charge in [-0.15, -0.1) is 0 Å². The van der Waals surface area contributed by atoms with E-state index in [1.165, 1.54) is 0 Å². The van der Waals surface area contributed by atoms with Crippen LogP contribution in [0.1, 0.15) is 30.9 Å². The second kappa shape index (κ2) is 7.27. The average molecular weight is 289 g/mol. The van der Waals surface area contributed by atoms with Gasteiger partial charge in [0.15, 0.2) is 0 Å². The maximum Gasteiger partial charge on any atom is 0.131 e. The molecule has 0 aliphatic carbocycles. The normalized spacial score (nSPS) is 18.8. The zero-order valence-electron chi connectivity index (χ0n) is 12.7. The quantitative estimate of drug-likeness (QED) is 0.819. The van der Waals surface area contributed by atoms with Crippen molar-refractivity contribution in [2.24, 2.45) is 10.9 Å². The third kappa shape index (κ3) is 3.64. The number of hydrogen-bond acceptors (Lipinski definition) is 4. The Labute approximate surface area is 125 Å². The van der Waals surface area contributed by atoms with Gasteiger partial charge in [0, 0.05) is 23.4 Å². The highest BCUT2D eigenvalue weighted by Gasteiger charge is 2.21. The number of aliphatic hydroxyl groups excluding tert-OH is 1. The van der Waals surface area contributed by atoms with Crippen LogP contribution in [0.15, 0.2) is 29.3 Å². The number of aliphatic imine (C=N–C) groups is 1. The molecule has 0 aromatic heterocycles. The third-order valence-electron chi connectivity index (χ3n) is 3.81. The second-order valence-electron chi connectivity index (χ2n) is 5.36. The molecule has 0 amide bonds. The molecule has 1 aromatic rings. The molecular formula is C17H23NO3. The lowest BCUT2D eigenvalue weighted by Crippen LogP contribution is -2.18. The van der Waals surface area contributed by atoms with E-state index < -0.39 is 0 Å². The number of hydrogen-bond donors (Lipinski definition) is 2. The van der Waals surface area contributed by atoms with E-state index in [1.807, 2.05) is 19.1 Å². The predicted molar refractivity (Wildman–Crippen MR) is 84.4 cm³/mol. The summed E-state index contributed by atoms with van der Waals surface area (Å²) in [4.78, 5) is 4.58. The van der Waals surface area contributed by atoms with Crippen molar-refractivity contribution in [1.29, 1.82) is 0 Å². The van der Waals surface area contributed by atoms with Gasteiger partial charge in [-0.2, -0.15) is 0 Å². The molecule has 2 N–H and O–H groups in total. The minimum atomic E-state index is 0.00421. The number of phenols is 1. The first kappa shape index (κ1) is 15.6. The first-order chi connectivity index (χ1) is 10.1. The fraction of sp³-hybridized carbons (Fsp3) is 0.471. The molecule has 4 heteroatoms. The van der Waals surface area contributed by atoms with Gasteiger partial charge in [-0.1, -0.05) is 13.0 Å². The Balaban J connectivity index is 2.21. The standard InChI is InChI=1S/C17H23NO3/c1-12-6-5-9-18-16(12)14-7-8-15(13(2)17(14)20)21-11-4-3-10-19/h3-4,7-8,12,19-20H,5-6,9-11H2,1-2H3/b4-3-. The molecule has 114 valence electrons. The maximum absolute atomic E-state index is 10.4. The van der Waals surface area contributed by atoms with Crippen LogP contribution in [0.2, 0.25) is 0 Å². The van der Waals surface area contributed by atoms with Gasteiger partial charge in [0.05, 0.1) is 6.61 Å². The molecule has 1 atom stereocenters. The Hall–Kier alpha value is -1.81. The molecule has 0 radical (unpaired) electrons. The molecule has 1 unspecified atom stereocenters. The lowest BCUT2D eigenvalue weighted by molar-refractivity contribution is 0.335. The topological polar surface area (TPSA) is 62.0 Å². The maximum atomic E-state index is 10.4. The summed E-state index contributed by atoms with van der Waals surface area (Å²) >= 11 is 0. The third-order valence-corrected chi connectivity index (χ3v) is 3.81. The van der Waals surface area contributed by atoms with Crippen LogP contribution in [0.4, 0.5) is 0 Å². The van der Waals surface area contributed by atoms with Crippen molar-refractivity contribution in [2.45, 2.75) is 26.7 Å². The lowest BCUT2D eigenvalue weighted by atomic mass is 9.90. The van der Waals surface area contributed by atoms with E-state index in [1.54, 1.807) is 12.2 Å². The van der Waals surface area contributed by atoms with Crippen LogP contribution in [-0.2, 0) is 0 Å². The van der Waals surface area contributed by atoms with Gasteiger partial charge < -0.3 is 14.9 Å². The number of aromatic hydroxyl groups is 1. The largest absolute Gasteiger partial charge is 0.507 e. The van der Waals surface area contributed by atoms with Gasteiger partial charge in [-0.25, -0.2) is 0 Å². The molecule has 2 rings (SSSR count). The Kier molecular flexibility index (Phi) is 5.39. The van der Waals surface area contributed by atoms with Crippen molar-refractivity contribution in [3.63, 3.8) is 0 Å². The number of aliphatic hydroxyl groups is 1. The van der Waals surface area contributed by atoms with Crippen molar-refractivity contribution in [2.75, 3.05) is 19.8 Å². The summed E-state index contributed by atoms with van der Waals surface area (Å²) in [5.41, 5.74) is 2.54. The summed E-state index contributed by atoms with van der Waals surface area (Å²) in [5.74, 6) is 1.29. The fourth-order valence-corrected chi connectivity index (χ4v) is 2.57. The van der Waals surface area contributed by atoms with Crippen LogP contribution in [0.25, 0.3) is 0 Å². The number of benzene rings is 1. The monoisotopic (exact) mass is 289 g/mol. The van der Waals surface area contributed by atoms with Crippen LogP contribution in [0, 0.1) is 12.8 Å². The molecule has 0 fully saturated rings. The van der Waals surface area contributed by atoms with Crippen LogP contribution >= 0.6 is 0 Å². The number of phenolic OH excluding ortho intramolecular Hbond substituents is 1. The minimum Gasteiger partial charge on any atom is -0.507 e. The zero-order valence-corrected chi connectivity index (χ0v) is 12.7. The SMILES string of the molecule is Cc1c(OC/C=C\CO)ccc(C2=NCCCC2C)c1O. The van der Waals surface area contributed by atoms with E-state index in [2.05, 4.69) is 11.9 Å². The molecule has 1 heterocycles. The highest BCUT2D eigenvalue weighted by molar-refractivity contribution is 6.05. The lowest BCUT2D eigenvalue weighted by Gasteiger charge is -2.21. The van der Waals surface area contributed by atoms with Crippen molar-refractivity contribution in [1.82, 2.24) is 0 Å². The molecular weight excluding hydrogens is 266 g/mol. The summed E-state index contributed by atoms with van der Waals surface area (Å²) in [6, 6.07) is 3.76. The Morgan fingerprint density at radius 1 is 1.38 bits per heavy atom. The smallest absolute Gasteiger partial charge is 0.131 e. The van der Waals surface area contributed by atoms with E-state index in [0.717, 1.165) is 36.2 Å². The summed E-state index contributed by atoms with van der Waals surface area (Å²) in [6.07, 6.45) is 5.60. The summed E-state index contributed by atoms with van der Waals surface area (Å²) < 4.78 is 5.59. The van der Waals surface area contributed by atoms with Gasteiger partial charge in [-0.05, 0) is 43.9 Å². The molecule has 1 aromatic carbocycles. The average Bonchev–Trinajstić information content (AvgIpc) is 2.49. The fourth-order valence-electron chi connectivity index (χ4n) is 2.57. The van der Waals surface area contributed by atoms with E-state index in [9.17, 15) is 5.11 Å². The van der Waals surface area contributed by atoms with E-state index in [-0.39, 0.29) is 12.4 Å². The van der Waals surface area contributed by atoms with Crippen LogP contribution in [0.3, 0.4) is 0 Å². The van der Waals surface area contributed by atoms with E-state index in [0.29, 0.717) is 18.3 Å². The summed E-state index contributed by atoms with van der Waals surface area (Å²) in [7, 11) is 0. The van der Waals surface area contributed by atoms with E-state index in [4.69, 9.17) is 9.84 Å². The number of rotatable bonds is 5. The molecule has 4 nitrogen and oxygen atoms in total. The zero-order chi connectivity index (χ0) is 15.2. The van der Waals surface area contributed by atoms with Crippen LogP contribution in [-0.4, -0.2) is 35.7 Å². The van der Waals surface area contributed by atoms with Gasteiger partial charge in [0.1, 0.15) is 18.1 Å². The second-order valence-corrected chi connectivity index (χ2v) is 5.36. The molecule has 21 heavy (non-hydrogen) atoms. The first-order valence-electron chi connectivity index (χ1n) is 7.41. The molecule has 1 aliphatic heterocycles. The van der Waals surface area contributed by atoms with Gasteiger partial charge in [0.2, 0.25) is 0 Å². The van der Waals surface area contributed by atoms with Crippen LogP contribution < -0.4 is 4.74 Å². The first-order valence-corrected chi connectivity index (χ1v) is 7.41.